The molecule has 0 aromatic heterocycles. The summed E-state index contributed by atoms with van der Waals surface area (Å²) in [5.74, 6) is -0.521. The van der Waals surface area contributed by atoms with Crippen molar-refractivity contribution in [2.45, 2.75) is 19.8 Å². The van der Waals surface area contributed by atoms with E-state index < -0.39 is 16.2 Å². The zero-order valence-electron chi connectivity index (χ0n) is 9.68. The maximum Gasteiger partial charge on any atom is 0.321 e. The highest BCUT2D eigenvalue weighted by molar-refractivity contribution is 7.86. The summed E-state index contributed by atoms with van der Waals surface area (Å²) in [4.78, 5) is 11.2. The Morgan fingerprint density at radius 2 is 1.94 bits per heavy atom. The summed E-state index contributed by atoms with van der Waals surface area (Å²) in [6.07, 6.45) is 1.76. The molecule has 0 aliphatic carbocycles. The molecule has 1 fully saturated rings. The maximum absolute atomic E-state index is 11.9. The minimum atomic E-state index is -3.49. The van der Waals surface area contributed by atoms with Gasteiger partial charge in [-0.1, -0.05) is 0 Å². The second kappa shape index (κ2) is 5.60. The SMILES string of the molecule is CCOC(=O)CN(C)S(=O)(=O)N1CCCC1. The Hall–Kier alpha value is -0.660. The van der Waals surface area contributed by atoms with Crippen LogP contribution in [0.5, 0.6) is 0 Å². The second-order valence-electron chi connectivity index (χ2n) is 3.67. The van der Waals surface area contributed by atoms with E-state index in [0.29, 0.717) is 13.1 Å². The molecule has 1 saturated heterocycles. The molecule has 0 atom stereocenters. The number of hydrogen-bond donors (Lipinski definition) is 0. The first-order valence-corrected chi connectivity index (χ1v) is 6.75. The van der Waals surface area contributed by atoms with Gasteiger partial charge in [0.05, 0.1) is 6.61 Å². The Morgan fingerprint density at radius 3 is 2.44 bits per heavy atom. The molecule has 1 aliphatic heterocycles. The molecular weight excluding hydrogens is 232 g/mol. The zero-order chi connectivity index (χ0) is 12.2. The average Bonchev–Trinajstić information content (AvgIpc) is 2.70. The Labute approximate surface area is 96.3 Å². The van der Waals surface area contributed by atoms with Crippen molar-refractivity contribution < 1.29 is 17.9 Å². The fraction of sp³-hybridized carbons (Fsp3) is 0.889. The molecule has 0 spiro atoms. The van der Waals surface area contributed by atoms with Crippen LogP contribution in [0.25, 0.3) is 0 Å². The minimum absolute atomic E-state index is 0.229. The number of carbonyl (C=O) groups excluding carboxylic acids is 1. The standard InChI is InChI=1S/C9H18N2O4S/c1-3-15-9(12)8-10(2)16(13,14)11-6-4-5-7-11/h3-8H2,1-2H3. The van der Waals surface area contributed by atoms with E-state index in [1.165, 1.54) is 11.4 Å². The molecule has 6 nitrogen and oxygen atoms in total. The molecule has 1 rings (SSSR count). The summed E-state index contributed by atoms with van der Waals surface area (Å²) in [6.45, 7) is 2.79. The largest absolute Gasteiger partial charge is 0.465 e. The zero-order valence-corrected chi connectivity index (χ0v) is 10.5. The molecule has 0 bridgehead atoms. The third-order valence-corrected chi connectivity index (χ3v) is 4.38. The van der Waals surface area contributed by atoms with Gasteiger partial charge in [-0.3, -0.25) is 4.79 Å². The summed E-state index contributed by atoms with van der Waals surface area (Å²) in [7, 11) is -2.09. The molecule has 0 N–H and O–H groups in total. The number of ether oxygens (including phenoxy) is 1. The van der Waals surface area contributed by atoms with Crippen LogP contribution in [0, 0.1) is 0 Å². The number of esters is 1. The van der Waals surface area contributed by atoms with E-state index in [4.69, 9.17) is 4.74 Å². The topological polar surface area (TPSA) is 66.9 Å². The predicted octanol–water partition coefficient (Wildman–Crippen LogP) is -0.178. The molecule has 7 heteroatoms. The Morgan fingerprint density at radius 1 is 1.38 bits per heavy atom. The van der Waals surface area contributed by atoms with Gasteiger partial charge in [-0.2, -0.15) is 17.0 Å². The quantitative estimate of drug-likeness (QED) is 0.635. The van der Waals surface area contributed by atoms with Gasteiger partial charge in [0.15, 0.2) is 0 Å². The number of likely N-dealkylation sites (N-methyl/N-ethyl adjacent to an activating group) is 1. The van der Waals surface area contributed by atoms with E-state index in [2.05, 4.69) is 0 Å². The molecular formula is C9H18N2O4S. The van der Waals surface area contributed by atoms with Crippen molar-refractivity contribution in [1.82, 2.24) is 8.61 Å². The highest BCUT2D eigenvalue weighted by Crippen LogP contribution is 2.15. The molecule has 0 unspecified atom stereocenters. The van der Waals surface area contributed by atoms with E-state index >= 15 is 0 Å². The Kier molecular flexibility index (Phi) is 4.69. The summed E-state index contributed by atoms with van der Waals surface area (Å²) < 4.78 is 31.0. The van der Waals surface area contributed by atoms with Gasteiger partial charge in [-0.05, 0) is 19.8 Å². The van der Waals surface area contributed by atoms with Crippen molar-refractivity contribution in [2.75, 3.05) is 33.3 Å². The lowest BCUT2D eigenvalue weighted by Gasteiger charge is -2.22. The van der Waals surface area contributed by atoms with Gasteiger partial charge in [0, 0.05) is 20.1 Å². The fourth-order valence-electron chi connectivity index (χ4n) is 1.59. The lowest BCUT2D eigenvalue weighted by Crippen LogP contribution is -2.42. The van der Waals surface area contributed by atoms with Crippen molar-refractivity contribution in [3.8, 4) is 0 Å². The first-order valence-electron chi connectivity index (χ1n) is 5.35. The lowest BCUT2D eigenvalue weighted by atomic mass is 10.4. The Balaban J connectivity index is 2.57. The van der Waals surface area contributed by atoms with Crippen molar-refractivity contribution in [2.24, 2.45) is 0 Å². The molecule has 0 aromatic carbocycles. The van der Waals surface area contributed by atoms with E-state index in [9.17, 15) is 13.2 Å². The van der Waals surface area contributed by atoms with Crippen LogP contribution < -0.4 is 0 Å². The number of nitrogens with zero attached hydrogens (tertiary/aromatic N) is 2. The van der Waals surface area contributed by atoms with Crippen molar-refractivity contribution >= 4 is 16.2 Å². The van der Waals surface area contributed by atoms with Crippen molar-refractivity contribution in [1.29, 1.82) is 0 Å². The molecule has 1 heterocycles. The van der Waals surface area contributed by atoms with Crippen LogP contribution in [-0.2, 0) is 19.7 Å². The van der Waals surface area contributed by atoms with E-state index in [-0.39, 0.29) is 13.2 Å². The summed E-state index contributed by atoms with van der Waals surface area (Å²) >= 11 is 0. The highest BCUT2D eigenvalue weighted by atomic mass is 32.2. The number of hydrogen-bond acceptors (Lipinski definition) is 4. The lowest BCUT2D eigenvalue weighted by molar-refractivity contribution is -0.143. The normalized spacial score (nSPS) is 17.9. The van der Waals surface area contributed by atoms with Crippen LogP contribution in [-0.4, -0.2) is 56.3 Å². The van der Waals surface area contributed by atoms with Crippen molar-refractivity contribution in [3.63, 3.8) is 0 Å². The molecule has 1 aliphatic rings. The summed E-state index contributed by atoms with van der Waals surface area (Å²) in [6, 6.07) is 0. The van der Waals surface area contributed by atoms with Crippen LogP contribution in [0.3, 0.4) is 0 Å². The molecule has 0 saturated carbocycles. The van der Waals surface area contributed by atoms with Crippen LogP contribution >= 0.6 is 0 Å². The van der Waals surface area contributed by atoms with Gasteiger partial charge >= 0.3 is 5.97 Å². The average molecular weight is 250 g/mol. The van der Waals surface area contributed by atoms with Crippen LogP contribution in [0.15, 0.2) is 0 Å². The van der Waals surface area contributed by atoms with Gasteiger partial charge in [-0.15, -0.1) is 0 Å². The number of carbonyl (C=O) groups is 1. The van der Waals surface area contributed by atoms with E-state index in [1.54, 1.807) is 6.92 Å². The second-order valence-corrected chi connectivity index (χ2v) is 5.71. The van der Waals surface area contributed by atoms with Gasteiger partial charge in [0.25, 0.3) is 10.2 Å². The smallest absolute Gasteiger partial charge is 0.321 e. The van der Waals surface area contributed by atoms with Crippen LogP contribution in [0.4, 0.5) is 0 Å². The molecule has 16 heavy (non-hydrogen) atoms. The first kappa shape index (κ1) is 13.4. The van der Waals surface area contributed by atoms with Gasteiger partial charge in [0.2, 0.25) is 0 Å². The van der Waals surface area contributed by atoms with Gasteiger partial charge < -0.3 is 4.74 Å². The third kappa shape index (κ3) is 3.16. The van der Waals surface area contributed by atoms with Gasteiger partial charge in [0.1, 0.15) is 6.54 Å². The molecule has 0 amide bonds. The van der Waals surface area contributed by atoms with E-state index in [0.717, 1.165) is 17.1 Å². The molecule has 94 valence electrons. The van der Waals surface area contributed by atoms with Crippen LogP contribution in [0.2, 0.25) is 0 Å². The first-order chi connectivity index (χ1) is 7.48. The fourth-order valence-corrected chi connectivity index (χ4v) is 2.97. The molecule has 0 radical (unpaired) electrons. The number of rotatable bonds is 5. The minimum Gasteiger partial charge on any atom is -0.465 e. The maximum atomic E-state index is 11.9. The van der Waals surface area contributed by atoms with E-state index in [1.807, 2.05) is 0 Å². The van der Waals surface area contributed by atoms with Crippen LogP contribution in [0.1, 0.15) is 19.8 Å². The monoisotopic (exact) mass is 250 g/mol. The Bertz CT molecular complexity index is 335. The summed E-state index contributed by atoms with van der Waals surface area (Å²) in [5.41, 5.74) is 0. The highest BCUT2D eigenvalue weighted by Gasteiger charge is 2.30. The third-order valence-electron chi connectivity index (χ3n) is 2.44. The molecule has 0 aromatic rings. The predicted molar refractivity (Wildman–Crippen MR) is 59.0 cm³/mol. The van der Waals surface area contributed by atoms with Crippen molar-refractivity contribution in [3.05, 3.63) is 0 Å². The summed E-state index contributed by atoms with van der Waals surface area (Å²) in [5, 5.41) is 0. The van der Waals surface area contributed by atoms with Gasteiger partial charge in [-0.25, -0.2) is 0 Å².